The number of methoxy groups -OCH3 is 1. The van der Waals surface area contributed by atoms with Gasteiger partial charge in [0.05, 0.1) is 13.2 Å². The fourth-order valence-corrected chi connectivity index (χ4v) is 6.91. The molecule has 1 unspecified atom stereocenters. The standard InChI is InChI=1S/C27H32N4O6/c1-37-23-7-3-6-18-17(23)10-21(28-18)27(36)31-11-13-4-2-5-14(13)24(31)26(35)30-20(22(33)12-32)9-16-15-8-19(15)29-25(16)34/h3,6-7,10,13-16,19-20,24,28,32H,2,4-5,8-9,11-12H2,1H3,(H,29,34)(H,30,35)/t13-,14-,15?,16+,19+,20-,24-/m0/s1. The van der Waals surface area contributed by atoms with Crippen LogP contribution < -0.4 is 15.4 Å². The number of likely N-dealkylation sites (tertiary alicyclic amines) is 1. The molecule has 37 heavy (non-hydrogen) atoms. The van der Waals surface area contributed by atoms with Crippen LogP contribution in [-0.2, 0) is 14.4 Å². The number of fused-ring (bicyclic) bond motifs is 3. The van der Waals surface area contributed by atoms with Crippen molar-refractivity contribution in [1.29, 1.82) is 0 Å². The zero-order chi connectivity index (χ0) is 25.8. The number of nitrogens with one attached hydrogen (secondary N) is 3. The molecule has 1 aromatic heterocycles. The molecule has 10 heteroatoms. The van der Waals surface area contributed by atoms with Crippen LogP contribution in [0.3, 0.4) is 0 Å². The molecule has 2 saturated carbocycles. The van der Waals surface area contributed by atoms with Gasteiger partial charge in [0.25, 0.3) is 5.91 Å². The molecule has 10 nitrogen and oxygen atoms in total. The minimum Gasteiger partial charge on any atom is -0.496 e. The quantitative estimate of drug-likeness (QED) is 0.419. The van der Waals surface area contributed by atoms with Gasteiger partial charge in [-0.3, -0.25) is 19.2 Å². The smallest absolute Gasteiger partial charge is 0.271 e. The van der Waals surface area contributed by atoms with E-state index in [4.69, 9.17) is 4.74 Å². The molecular weight excluding hydrogens is 476 g/mol. The minimum absolute atomic E-state index is 0.00957. The number of hydrogen-bond acceptors (Lipinski definition) is 6. The summed E-state index contributed by atoms with van der Waals surface area (Å²) in [4.78, 5) is 57.1. The second-order valence-corrected chi connectivity index (χ2v) is 10.9. The molecule has 4 N–H and O–H groups in total. The first kappa shape index (κ1) is 24.0. The second kappa shape index (κ2) is 9.16. The summed E-state index contributed by atoms with van der Waals surface area (Å²) in [5, 5.41) is 16.1. The molecule has 196 valence electrons. The van der Waals surface area contributed by atoms with E-state index in [9.17, 15) is 24.3 Å². The average molecular weight is 509 g/mol. The molecule has 2 saturated heterocycles. The summed E-state index contributed by atoms with van der Waals surface area (Å²) in [7, 11) is 1.58. The fraction of sp³-hybridized carbons (Fsp3) is 0.556. The number of Topliss-reactive ketones (excluding diaryl/α,β-unsaturated/α-hetero) is 1. The summed E-state index contributed by atoms with van der Waals surface area (Å²) in [5.41, 5.74) is 1.15. The number of nitrogens with zero attached hydrogens (tertiary/aromatic N) is 1. The highest BCUT2D eigenvalue weighted by Crippen LogP contribution is 2.45. The summed E-state index contributed by atoms with van der Waals surface area (Å²) in [6, 6.07) is 5.77. The van der Waals surface area contributed by atoms with E-state index in [0.717, 1.165) is 36.6 Å². The van der Waals surface area contributed by atoms with E-state index in [1.807, 2.05) is 18.2 Å². The van der Waals surface area contributed by atoms with Crippen molar-refractivity contribution in [3.63, 3.8) is 0 Å². The number of amides is 3. The Balaban J connectivity index is 1.25. The number of carbonyl (C=O) groups excluding carboxylic acids is 4. The van der Waals surface area contributed by atoms with Crippen molar-refractivity contribution in [2.45, 2.75) is 50.2 Å². The molecule has 2 aromatic rings. The monoisotopic (exact) mass is 508 g/mol. The maximum atomic E-state index is 13.7. The largest absolute Gasteiger partial charge is 0.496 e. The van der Waals surface area contributed by atoms with Crippen molar-refractivity contribution in [2.75, 3.05) is 20.3 Å². The summed E-state index contributed by atoms with van der Waals surface area (Å²) < 4.78 is 5.43. The lowest BCUT2D eigenvalue weighted by Crippen LogP contribution is -2.53. The van der Waals surface area contributed by atoms with Gasteiger partial charge < -0.3 is 30.4 Å². The lowest BCUT2D eigenvalue weighted by Gasteiger charge is -2.29. The third-order valence-electron chi connectivity index (χ3n) is 8.87. The summed E-state index contributed by atoms with van der Waals surface area (Å²) in [6.07, 6.45) is 3.82. The first-order chi connectivity index (χ1) is 17.9. The molecule has 0 bridgehead atoms. The van der Waals surface area contributed by atoms with Crippen molar-refractivity contribution in [3.05, 3.63) is 30.0 Å². The number of aromatic amines is 1. The molecule has 2 aliphatic carbocycles. The number of ether oxygens (including phenoxy) is 1. The number of carbonyl (C=O) groups is 4. The number of hydrogen-bond donors (Lipinski definition) is 4. The van der Waals surface area contributed by atoms with E-state index in [2.05, 4.69) is 15.6 Å². The van der Waals surface area contributed by atoms with Crippen LogP contribution in [0.5, 0.6) is 5.75 Å². The first-order valence-corrected chi connectivity index (χ1v) is 13.1. The van der Waals surface area contributed by atoms with E-state index in [0.29, 0.717) is 18.0 Å². The molecule has 0 radical (unpaired) electrons. The van der Waals surface area contributed by atoms with Gasteiger partial charge in [0.1, 0.15) is 24.1 Å². The molecule has 4 fully saturated rings. The Morgan fingerprint density at radius 3 is 2.81 bits per heavy atom. The maximum absolute atomic E-state index is 13.7. The Morgan fingerprint density at radius 1 is 1.24 bits per heavy atom. The van der Waals surface area contributed by atoms with E-state index in [-0.39, 0.29) is 47.9 Å². The van der Waals surface area contributed by atoms with Gasteiger partial charge in [0.15, 0.2) is 5.78 Å². The van der Waals surface area contributed by atoms with E-state index in [1.165, 1.54) is 0 Å². The molecular formula is C27H32N4O6. The highest BCUT2D eigenvalue weighted by atomic mass is 16.5. The number of aliphatic hydroxyl groups excluding tert-OH is 1. The van der Waals surface area contributed by atoms with Crippen molar-refractivity contribution >= 4 is 34.4 Å². The predicted octanol–water partition coefficient (Wildman–Crippen LogP) is 0.988. The van der Waals surface area contributed by atoms with Gasteiger partial charge in [0.2, 0.25) is 11.8 Å². The normalized spacial score (nSPS) is 30.5. The molecule has 0 spiro atoms. The van der Waals surface area contributed by atoms with Crippen LogP contribution in [0.4, 0.5) is 0 Å². The van der Waals surface area contributed by atoms with Crippen LogP contribution in [0.15, 0.2) is 24.3 Å². The third kappa shape index (κ3) is 4.07. The second-order valence-electron chi connectivity index (χ2n) is 10.9. The summed E-state index contributed by atoms with van der Waals surface area (Å²) in [6.45, 7) is -0.245. The fourth-order valence-electron chi connectivity index (χ4n) is 6.91. The van der Waals surface area contributed by atoms with Crippen LogP contribution in [0.1, 0.15) is 42.6 Å². The van der Waals surface area contributed by atoms with Crippen LogP contribution in [0.25, 0.3) is 10.9 Å². The summed E-state index contributed by atoms with van der Waals surface area (Å²) >= 11 is 0. The summed E-state index contributed by atoms with van der Waals surface area (Å²) in [5.74, 6) is -0.578. The van der Waals surface area contributed by atoms with Crippen LogP contribution in [0, 0.1) is 23.7 Å². The van der Waals surface area contributed by atoms with Gasteiger partial charge in [-0.25, -0.2) is 0 Å². The molecule has 4 aliphatic rings. The van der Waals surface area contributed by atoms with Crippen molar-refractivity contribution in [3.8, 4) is 5.75 Å². The van der Waals surface area contributed by atoms with Gasteiger partial charge in [-0.05, 0) is 61.6 Å². The Bertz CT molecular complexity index is 1270. The minimum atomic E-state index is -0.970. The maximum Gasteiger partial charge on any atom is 0.271 e. The molecule has 7 atom stereocenters. The van der Waals surface area contributed by atoms with Crippen LogP contribution in [0.2, 0.25) is 0 Å². The van der Waals surface area contributed by atoms with Crippen molar-refractivity contribution < 1.29 is 29.0 Å². The Hall–Kier alpha value is -3.40. The van der Waals surface area contributed by atoms with Crippen molar-refractivity contribution in [1.82, 2.24) is 20.5 Å². The van der Waals surface area contributed by atoms with Crippen LogP contribution in [-0.4, -0.2) is 76.9 Å². The van der Waals surface area contributed by atoms with Gasteiger partial charge in [-0.1, -0.05) is 12.5 Å². The van der Waals surface area contributed by atoms with E-state index >= 15 is 0 Å². The molecule has 1 aromatic carbocycles. The van der Waals surface area contributed by atoms with E-state index in [1.54, 1.807) is 18.1 Å². The first-order valence-electron chi connectivity index (χ1n) is 13.1. The number of H-pyrrole nitrogens is 1. The lowest BCUT2D eigenvalue weighted by molar-refractivity contribution is -0.133. The molecule has 6 rings (SSSR count). The van der Waals surface area contributed by atoms with Gasteiger partial charge in [-0.15, -0.1) is 0 Å². The topological polar surface area (TPSA) is 141 Å². The van der Waals surface area contributed by atoms with Gasteiger partial charge >= 0.3 is 0 Å². The Kier molecular flexibility index (Phi) is 5.94. The zero-order valence-electron chi connectivity index (χ0n) is 20.7. The van der Waals surface area contributed by atoms with Crippen LogP contribution >= 0.6 is 0 Å². The zero-order valence-corrected chi connectivity index (χ0v) is 20.7. The average Bonchev–Trinajstić information content (AvgIpc) is 3.26. The number of piperidine rings is 1. The Labute approximate surface area is 214 Å². The van der Waals surface area contributed by atoms with Gasteiger partial charge in [0, 0.05) is 29.4 Å². The number of rotatable bonds is 8. The van der Waals surface area contributed by atoms with Gasteiger partial charge in [-0.2, -0.15) is 0 Å². The third-order valence-corrected chi connectivity index (χ3v) is 8.87. The molecule has 2 aliphatic heterocycles. The highest BCUT2D eigenvalue weighted by molar-refractivity contribution is 6.02. The number of ketones is 1. The Morgan fingerprint density at radius 2 is 2.08 bits per heavy atom. The number of aliphatic hydroxyl groups is 1. The number of aromatic nitrogens is 1. The SMILES string of the molecule is COc1cccc2[nH]c(C(=O)N3C[C@@H]4CCC[C@@H]4[C@H]3C(=O)N[C@@H](C[C@H]3C(=O)N[C@@H]4CC43)C(=O)CO)cc12. The molecule has 3 amide bonds. The molecule has 3 heterocycles. The highest BCUT2D eigenvalue weighted by Gasteiger charge is 2.54. The lowest BCUT2D eigenvalue weighted by atomic mass is 9.91. The predicted molar refractivity (Wildman–Crippen MR) is 133 cm³/mol. The van der Waals surface area contributed by atoms with E-state index < -0.39 is 30.4 Å². The van der Waals surface area contributed by atoms with Crippen molar-refractivity contribution in [2.24, 2.45) is 23.7 Å². The number of benzene rings is 1.